The molecule has 0 aromatic rings. The Kier molecular flexibility index (Phi) is 2.45. The summed E-state index contributed by atoms with van der Waals surface area (Å²) in [6.45, 7) is 6.76. The SMILES string of the molecule is CC1CCC(CC(N)=O)C1(C)C. The van der Waals surface area contributed by atoms with Crippen molar-refractivity contribution in [2.75, 3.05) is 0 Å². The van der Waals surface area contributed by atoms with E-state index in [0.29, 0.717) is 17.8 Å². The van der Waals surface area contributed by atoms with Crippen LogP contribution in [0.4, 0.5) is 0 Å². The van der Waals surface area contributed by atoms with Crippen LogP contribution in [-0.2, 0) is 4.79 Å². The summed E-state index contributed by atoms with van der Waals surface area (Å²) >= 11 is 0. The van der Waals surface area contributed by atoms with Crippen LogP contribution in [0.1, 0.15) is 40.0 Å². The second-order valence-electron chi connectivity index (χ2n) is 4.67. The molecule has 1 saturated carbocycles. The molecule has 1 aliphatic carbocycles. The lowest BCUT2D eigenvalue weighted by molar-refractivity contribution is -0.119. The Balaban J connectivity index is 2.62. The zero-order valence-corrected chi connectivity index (χ0v) is 8.26. The molecule has 2 N–H and O–H groups in total. The first-order valence-corrected chi connectivity index (χ1v) is 4.73. The van der Waals surface area contributed by atoms with E-state index >= 15 is 0 Å². The molecule has 1 rings (SSSR count). The Morgan fingerprint density at radius 2 is 2.08 bits per heavy atom. The van der Waals surface area contributed by atoms with Gasteiger partial charge in [0.25, 0.3) is 0 Å². The van der Waals surface area contributed by atoms with Crippen molar-refractivity contribution in [1.29, 1.82) is 0 Å². The molecule has 2 unspecified atom stereocenters. The van der Waals surface area contributed by atoms with Gasteiger partial charge in [0.2, 0.25) is 5.91 Å². The minimum atomic E-state index is -0.151. The lowest BCUT2D eigenvalue weighted by Gasteiger charge is -2.30. The van der Waals surface area contributed by atoms with Gasteiger partial charge in [0, 0.05) is 6.42 Å². The van der Waals surface area contributed by atoms with Gasteiger partial charge in [-0.25, -0.2) is 0 Å². The molecule has 2 atom stereocenters. The number of amides is 1. The number of rotatable bonds is 2. The molecule has 0 radical (unpaired) electrons. The second kappa shape index (κ2) is 3.08. The zero-order chi connectivity index (χ0) is 9.35. The van der Waals surface area contributed by atoms with E-state index < -0.39 is 0 Å². The van der Waals surface area contributed by atoms with Gasteiger partial charge in [0.15, 0.2) is 0 Å². The first-order valence-electron chi connectivity index (χ1n) is 4.73. The van der Waals surface area contributed by atoms with E-state index in [1.54, 1.807) is 0 Å². The standard InChI is InChI=1S/C10H19NO/c1-7-4-5-8(6-9(11)12)10(7,2)3/h7-8H,4-6H2,1-3H3,(H2,11,12). The van der Waals surface area contributed by atoms with Gasteiger partial charge in [0.1, 0.15) is 0 Å². The van der Waals surface area contributed by atoms with Gasteiger partial charge in [-0.05, 0) is 30.1 Å². The highest BCUT2D eigenvalue weighted by Crippen LogP contribution is 2.48. The molecule has 0 spiro atoms. The van der Waals surface area contributed by atoms with E-state index in [4.69, 9.17) is 5.73 Å². The van der Waals surface area contributed by atoms with Crippen LogP contribution in [0.3, 0.4) is 0 Å². The van der Waals surface area contributed by atoms with Gasteiger partial charge in [-0.2, -0.15) is 0 Å². The molecule has 0 heterocycles. The number of carbonyl (C=O) groups excluding carboxylic acids is 1. The third kappa shape index (κ3) is 1.62. The maximum atomic E-state index is 10.8. The summed E-state index contributed by atoms with van der Waals surface area (Å²) in [5.74, 6) is 1.08. The van der Waals surface area contributed by atoms with Gasteiger partial charge in [-0.15, -0.1) is 0 Å². The van der Waals surface area contributed by atoms with Crippen LogP contribution in [0.15, 0.2) is 0 Å². The Morgan fingerprint density at radius 1 is 1.50 bits per heavy atom. The average Bonchev–Trinajstić information content (AvgIpc) is 2.15. The molecule has 1 aliphatic rings. The average molecular weight is 169 g/mol. The van der Waals surface area contributed by atoms with Gasteiger partial charge in [0.05, 0.1) is 0 Å². The smallest absolute Gasteiger partial charge is 0.217 e. The first-order chi connectivity index (χ1) is 5.44. The Bertz CT molecular complexity index is 186. The Morgan fingerprint density at radius 3 is 2.42 bits per heavy atom. The van der Waals surface area contributed by atoms with Crippen molar-refractivity contribution in [1.82, 2.24) is 0 Å². The zero-order valence-electron chi connectivity index (χ0n) is 8.26. The number of hydrogen-bond acceptors (Lipinski definition) is 1. The fraction of sp³-hybridized carbons (Fsp3) is 0.900. The van der Waals surface area contributed by atoms with E-state index in [0.717, 1.165) is 12.3 Å². The van der Waals surface area contributed by atoms with Crippen molar-refractivity contribution >= 4 is 5.91 Å². The van der Waals surface area contributed by atoms with Crippen LogP contribution >= 0.6 is 0 Å². The van der Waals surface area contributed by atoms with Crippen molar-refractivity contribution in [3.8, 4) is 0 Å². The minimum Gasteiger partial charge on any atom is -0.370 e. The monoisotopic (exact) mass is 169 g/mol. The van der Waals surface area contributed by atoms with E-state index in [1.165, 1.54) is 6.42 Å². The van der Waals surface area contributed by atoms with Crippen molar-refractivity contribution in [3.05, 3.63) is 0 Å². The summed E-state index contributed by atoms with van der Waals surface area (Å²) < 4.78 is 0. The van der Waals surface area contributed by atoms with Crippen LogP contribution in [-0.4, -0.2) is 5.91 Å². The number of carbonyl (C=O) groups is 1. The van der Waals surface area contributed by atoms with E-state index in [1.807, 2.05) is 0 Å². The lowest BCUT2D eigenvalue weighted by atomic mass is 9.75. The Labute approximate surface area is 74.5 Å². The highest BCUT2D eigenvalue weighted by atomic mass is 16.1. The number of nitrogens with two attached hydrogens (primary N) is 1. The molecule has 0 aliphatic heterocycles. The predicted octanol–water partition coefficient (Wildman–Crippen LogP) is 1.93. The van der Waals surface area contributed by atoms with Crippen molar-refractivity contribution < 1.29 is 4.79 Å². The Hall–Kier alpha value is -0.530. The van der Waals surface area contributed by atoms with Crippen LogP contribution in [0.2, 0.25) is 0 Å². The van der Waals surface area contributed by atoms with E-state index in [2.05, 4.69) is 20.8 Å². The lowest BCUT2D eigenvalue weighted by Crippen LogP contribution is -2.27. The highest BCUT2D eigenvalue weighted by molar-refractivity contribution is 5.74. The maximum absolute atomic E-state index is 10.8. The van der Waals surface area contributed by atoms with Gasteiger partial charge < -0.3 is 5.73 Å². The van der Waals surface area contributed by atoms with E-state index in [9.17, 15) is 4.79 Å². The topological polar surface area (TPSA) is 43.1 Å². The maximum Gasteiger partial charge on any atom is 0.217 e. The molecule has 0 aromatic carbocycles. The number of primary amides is 1. The highest BCUT2D eigenvalue weighted by Gasteiger charge is 2.40. The van der Waals surface area contributed by atoms with Crippen LogP contribution in [0, 0.1) is 17.3 Å². The summed E-state index contributed by atoms with van der Waals surface area (Å²) in [4.78, 5) is 10.8. The fourth-order valence-electron chi connectivity index (χ4n) is 2.21. The van der Waals surface area contributed by atoms with E-state index in [-0.39, 0.29) is 5.91 Å². The molecule has 0 aromatic heterocycles. The second-order valence-corrected chi connectivity index (χ2v) is 4.67. The van der Waals surface area contributed by atoms with Crippen molar-refractivity contribution in [2.45, 2.75) is 40.0 Å². The summed E-state index contributed by atoms with van der Waals surface area (Å²) in [6, 6.07) is 0. The van der Waals surface area contributed by atoms with Gasteiger partial charge in [-0.3, -0.25) is 4.79 Å². The summed E-state index contributed by atoms with van der Waals surface area (Å²) in [6.07, 6.45) is 2.97. The molecule has 12 heavy (non-hydrogen) atoms. The van der Waals surface area contributed by atoms with Crippen LogP contribution < -0.4 is 5.73 Å². The molecule has 0 bridgehead atoms. The largest absolute Gasteiger partial charge is 0.370 e. The molecule has 2 heteroatoms. The first kappa shape index (κ1) is 9.56. The van der Waals surface area contributed by atoms with Crippen molar-refractivity contribution in [2.24, 2.45) is 23.0 Å². The van der Waals surface area contributed by atoms with Gasteiger partial charge in [-0.1, -0.05) is 20.8 Å². The molecular formula is C10H19NO. The predicted molar refractivity (Wildman–Crippen MR) is 49.5 cm³/mol. The summed E-state index contributed by atoms with van der Waals surface area (Å²) in [5, 5.41) is 0. The fourth-order valence-corrected chi connectivity index (χ4v) is 2.21. The molecular weight excluding hydrogens is 150 g/mol. The molecule has 70 valence electrons. The molecule has 0 saturated heterocycles. The van der Waals surface area contributed by atoms with Crippen LogP contribution in [0.5, 0.6) is 0 Å². The molecule has 1 fully saturated rings. The molecule has 2 nitrogen and oxygen atoms in total. The quantitative estimate of drug-likeness (QED) is 0.674. The molecule has 1 amide bonds. The summed E-state index contributed by atoms with van der Waals surface area (Å²) in [7, 11) is 0. The number of hydrogen-bond donors (Lipinski definition) is 1. The van der Waals surface area contributed by atoms with Crippen molar-refractivity contribution in [3.63, 3.8) is 0 Å². The minimum absolute atomic E-state index is 0.151. The van der Waals surface area contributed by atoms with Crippen LogP contribution in [0.25, 0.3) is 0 Å². The normalized spacial score (nSPS) is 33.6. The van der Waals surface area contributed by atoms with Gasteiger partial charge >= 0.3 is 0 Å². The third-order valence-electron chi connectivity index (χ3n) is 3.72. The third-order valence-corrected chi connectivity index (χ3v) is 3.72. The summed E-state index contributed by atoms with van der Waals surface area (Å²) in [5.41, 5.74) is 5.50.